The third kappa shape index (κ3) is 3.68. The molecular weight excluding hydrogens is 190 g/mol. The van der Waals surface area contributed by atoms with Crippen molar-refractivity contribution in [3.05, 3.63) is 0 Å². The first-order chi connectivity index (χ1) is 7.31. The van der Waals surface area contributed by atoms with E-state index in [0.29, 0.717) is 12.0 Å². The Hall–Kier alpha value is -0.810. The van der Waals surface area contributed by atoms with Crippen molar-refractivity contribution >= 4 is 5.96 Å². The van der Waals surface area contributed by atoms with Gasteiger partial charge >= 0.3 is 0 Å². The Morgan fingerprint density at radius 1 is 1.53 bits per heavy atom. The van der Waals surface area contributed by atoms with Crippen molar-refractivity contribution in [1.29, 1.82) is 0 Å². The predicted molar refractivity (Wildman–Crippen MR) is 63.6 cm³/mol. The highest BCUT2D eigenvalue weighted by Gasteiger charge is 2.22. The van der Waals surface area contributed by atoms with Gasteiger partial charge in [0.2, 0.25) is 5.96 Å². The molecule has 1 aliphatic heterocycles. The molecule has 0 aromatic rings. The van der Waals surface area contributed by atoms with Gasteiger partial charge in [-0.05, 0) is 32.9 Å². The van der Waals surface area contributed by atoms with Crippen molar-refractivity contribution in [1.82, 2.24) is 15.6 Å². The monoisotopic (exact) mass is 213 g/mol. The maximum atomic E-state index is 5.35. The Labute approximate surface area is 92.1 Å². The van der Waals surface area contributed by atoms with Crippen LogP contribution in [-0.2, 0) is 0 Å². The highest BCUT2D eigenvalue weighted by molar-refractivity contribution is 5.79. The molecule has 15 heavy (non-hydrogen) atoms. The third-order valence-electron chi connectivity index (χ3n) is 2.85. The van der Waals surface area contributed by atoms with Crippen molar-refractivity contribution in [2.45, 2.75) is 32.7 Å². The topological polar surface area (TPSA) is 65.7 Å². The fourth-order valence-corrected chi connectivity index (χ4v) is 2.03. The van der Waals surface area contributed by atoms with Crippen LogP contribution in [0.5, 0.6) is 0 Å². The standard InChI is InChI=1S/C10H23N5/c1-3-12-10(14-11)13-8-9-6-5-7-15(9)4-2/h9H,3-8,11H2,1-2H3,(H2,12,13,14). The second kappa shape index (κ2) is 6.63. The number of aliphatic imine (C=N–C) groups is 1. The second-order valence-electron chi connectivity index (χ2n) is 3.79. The Bertz CT molecular complexity index is 204. The van der Waals surface area contributed by atoms with Gasteiger partial charge in [0.05, 0.1) is 6.54 Å². The molecule has 1 unspecified atom stereocenters. The van der Waals surface area contributed by atoms with E-state index in [1.54, 1.807) is 0 Å². The molecule has 1 aliphatic rings. The lowest BCUT2D eigenvalue weighted by Crippen LogP contribution is -2.42. The van der Waals surface area contributed by atoms with E-state index in [-0.39, 0.29) is 0 Å². The summed E-state index contributed by atoms with van der Waals surface area (Å²) in [6.45, 7) is 8.23. The van der Waals surface area contributed by atoms with Gasteiger partial charge in [-0.15, -0.1) is 0 Å². The average molecular weight is 213 g/mol. The zero-order chi connectivity index (χ0) is 11.1. The lowest BCUT2D eigenvalue weighted by atomic mass is 10.2. The molecular formula is C10H23N5. The summed E-state index contributed by atoms with van der Waals surface area (Å²) in [4.78, 5) is 6.92. The van der Waals surface area contributed by atoms with Crippen molar-refractivity contribution in [3.63, 3.8) is 0 Å². The first-order valence-electron chi connectivity index (χ1n) is 5.80. The summed E-state index contributed by atoms with van der Waals surface area (Å²) in [6, 6.07) is 0.594. The second-order valence-corrected chi connectivity index (χ2v) is 3.79. The lowest BCUT2D eigenvalue weighted by molar-refractivity contribution is 0.273. The van der Waals surface area contributed by atoms with E-state index in [0.717, 1.165) is 19.6 Å². The van der Waals surface area contributed by atoms with Gasteiger partial charge in [0.25, 0.3) is 0 Å². The minimum Gasteiger partial charge on any atom is -0.356 e. The molecule has 0 saturated carbocycles. The Balaban J connectivity index is 2.39. The summed E-state index contributed by atoms with van der Waals surface area (Å²) in [5.74, 6) is 6.05. The fourth-order valence-electron chi connectivity index (χ4n) is 2.03. The molecule has 5 nitrogen and oxygen atoms in total. The number of nitrogens with two attached hydrogens (primary N) is 1. The number of guanidine groups is 1. The summed E-state index contributed by atoms with van der Waals surface area (Å²) in [6.07, 6.45) is 2.54. The van der Waals surface area contributed by atoms with E-state index < -0.39 is 0 Å². The van der Waals surface area contributed by atoms with E-state index in [9.17, 15) is 0 Å². The molecule has 88 valence electrons. The largest absolute Gasteiger partial charge is 0.356 e. The van der Waals surface area contributed by atoms with E-state index in [1.807, 2.05) is 6.92 Å². The van der Waals surface area contributed by atoms with Crippen LogP contribution in [0.4, 0.5) is 0 Å². The number of nitrogens with one attached hydrogen (secondary N) is 2. The smallest absolute Gasteiger partial charge is 0.205 e. The molecule has 5 heteroatoms. The molecule has 0 aromatic carbocycles. The average Bonchev–Trinajstić information content (AvgIpc) is 2.71. The minimum atomic E-state index is 0.594. The van der Waals surface area contributed by atoms with Crippen molar-refractivity contribution < 1.29 is 0 Å². The van der Waals surface area contributed by atoms with Crippen LogP contribution in [0.1, 0.15) is 26.7 Å². The molecule has 0 bridgehead atoms. The first-order valence-corrected chi connectivity index (χ1v) is 5.80. The molecule has 0 aliphatic carbocycles. The molecule has 1 fully saturated rings. The van der Waals surface area contributed by atoms with Gasteiger partial charge in [-0.25, -0.2) is 5.84 Å². The summed E-state index contributed by atoms with van der Waals surface area (Å²) in [5.41, 5.74) is 2.58. The summed E-state index contributed by atoms with van der Waals surface area (Å²) in [5, 5.41) is 3.08. The van der Waals surface area contributed by atoms with Gasteiger partial charge in [0, 0.05) is 12.6 Å². The van der Waals surface area contributed by atoms with Crippen LogP contribution in [0.15, 0.2) is 4.99 Å². The number of likely N-dealkylation sites (N-methyl/N-ethyl adjacent to an activating group) is 1. The summed E-state index contributed by atoms with van der Waals surface area (Å²) < 4.78 is 0. The number of hydrazine groups is 1. The quantitative estimate of drug-likeness (QED) is 0.264. The van der Waals surface area contributed by atoms with Gasteiger partial charge in [0.1, 0.15) is 0 Å². The number of hydrogen-bond acceptors (Lipinski definition) is 3. The van der Waals surface area contributed by atoms with Gasteiger partial charge < -0.3 is 5.32 Å². The van der Waals surface area contributed by atoms with Crippen LogP contribution < -0.4 is 16.6 Å². The van der Waals surface area contributed by atoms with Crippen LogP contribution in [0.3, 0.4) is 0 Å². The van der Waals surface area contributed by atoms with Crippen LogP contribution in [0.2, 0.25) is 0 Å². The molecule has 1 atom stereocenters. The van der Waals surface area contributed by atoms with Crippen molar-refractivity contribution in [3.8, 4) is 0 Å². The maximum absolute atomic E-state index is 5.35. The normalized spacial score (nSPS) is 23.1. The molecule has 0 radical (unpaired) electrons. The third-order valence-corrected chi connectivity index (χ3v) is 2.85. The van der Waals surface area contributed by atoms with E-state index in [4.69, 9.17) is 5.84 Å². The Kier molecular flexibility index (Phi) is 5.42. The number of nitrogens with zero attached hydrogens (tertiary/aromatic N) is 2. The highest BCUT2D eigenvalue weighted by atomic mass is 15.3. The lowest BCUT2D eigenvalue weighted by Gasteiger charge is -2.21. The highest BCUT2D eigenvalue weighted by Crippen LogP contribution is 2.16. The fraction of sp³-hybridized carbons (Fsp3) is 0.900. The molecule has 4 N–H and O–H groups in total. The van der Waals surface area contributed by atoms with E-state index >= 15 is 0 Å². The van der Waals surface area contributed by atoms with Crippen LogP contribution in [0.25, 0.3) is 0 Å². The van der Waals surface area contributed by atoms with Crippen molar-refractivity contribution in [2.24, 2.45) is 10.8 Å². The maximum Gasteiger partial charge on any atom is 0.205 e. The zero-order valence-corrected chi connectivity index (χ0v) is 9.79. The molecule has 1 saturated heterocycles. The Morgan fingerprint density at radius 3 is 2.93 bits per heavy atom. The number of rotatable bonds is 4. The van der Waals surface area contributed by atoms with Crippen LogP contribution in [-0.4, -0.2) is 43.1 Å². The number of likely N-dealkylation sites (tertiary alicyclic amines) is 1. The molecule has 0 amide bonds. The first kappa shape index (κ1) is 12.3. The predicted octanol–water partition coefficient (Wildman–Crippen LogP) is -0.100. The molecule has 0 aromatic heterocycles. The SMILES string of the molecule is CCNC(=NCC1CCCN1CC)NN. The summed E-state index contributed by atoms with van der Waals surface area (Å²) >= 11 is 0. The molecule has 1 heterocycles. The molecule has 0 spiro atoms. The van der Waals surface area contributed by atoms with E-state index in [1.165, 1.54) is 19.4 Å². The van der Waals surface area contributed by atoms with Gasteiger partial charge in [-0.1, -0.05) is 6.92 Å². The minimum absolute atomic E-state index is 0.594. The number of hydrogen-bond donors (Lipinski definition) is 3. The molecule has 1 rings (SSSR count). The van der Waals surface area contributed by atoms with Gasteiger partial charge in [-0.3, -0.25) is 15.3 Å². The zero-order valence-electron chi connectivity index (χ0n) is 9.79. The van der Waals surface area contributed by atoms with Crippen molar-refractivity contribution in [2.75, 3.05) is 26.2 Å². The Morgan fingerprint density at radius 2 is 2.33 bits per heavy atom. The summed E-state index contributed by atoms with van der Waals surface area (Å²) in [7, 11) is 0. The van der Waals surface area contributed by atoms with Crippen LogP contribution in [0, 0.1) is 0 Å². The van der Waals surface area contributed by atoms with Gasteiger partial charge in [-0.2, -0.15) is 0 Å². The van der Waals surface area contributed by atoms with Gasteiger partial charge in [0.15, 0.2) is 0 Å². The van der Waals surface area contributed by atoms with Crippen LogP contribution >= 0.6 is 0 Å². The van der Waals surface area contributed by atoms with E-state index in [2.05, 4.69) is 27.6 Å².